The summed E-state index contributed by atoms with van der Waals surface area (Å²) in [5.74, 6) is 0.509. The summed E-state index contributed by atoms with van der Waals surface area (Å²) in [6.45, 7) is 3.36. The van der Waals surface area contributed by atoms with E-state index in [0.29, 0.717) is 33.5 Å². The molecule has 2 aromatic rings. The second-order valence-electron chi connectivity index (χ2n) is 4.61. The molecule has 2 aromatic carbocycles. The summed E-state index contributed by atoms with van der Waals surface area (Å²) in [5.41, 5.74) is 1.57. The van der Waals surface area contributed by atoms with Gasteiger partial charge in [0.15, 0.2) is 0 Å². The van der Waals surface area contributed by atoms with E-state index in [1.54, 1.807) is 32.0 Å². The van der Waals surface area contributed by atoms with E-state index in [1.165, 1.54) is 12.1 Å². The van der Waals surface area contributed by atoms with Crippen molar-refractivity contribution in [2.45, 2.75) is 19.2 Å². The van der Waals surface area contributed by atoms with Crippen molar-refractivity contribution in [3.8, 4) is 11.5 Å². The Kier molecular flexibility index (Phi) is 4.57. The van der Waals surface area contributed by atoms with Crippen LogP contribution >= 0.6 is 15.9 Å². The van der Waals surface area contributed by atoms with Crippen LogP contribution in [0, 0.1) is 29.8 Å². The molecule has 0 N–H and O–H groups in total. The zero-order valence-corrected chi connectivity index (χ0v) is 13.1. The lowest BCUT2D eigenvalue weighted by atomic mass is 10.1. The van der Waals surface area contributed by atoms with E-state index in [4.69, 9.17) is 4.74 Å². The van der Waals surface area contributed by atoms with E-state index in [1.807, 2.05) is 0 Å². The molecular formula is C15H13BrFNO3. The summed E-state index contributed by atoms with van der Waals surface area (Å²) in [7, 11) is 0. The molecular weight excluding hydrogens is 341 g/mol. The number of nitrogens with zero attached hydrogens (tertiary/aromatic N) is 1. The number of nitro benzene ring substituents is 1. The number of benzene rings is 2. The molecule has 0 aliphatic rings. The minimum atomic E-state index is -0.432. The third-order valence-corrected chi connectivity index (χ3v) is 3.68. The summed E-state index contributed by atoms with van der Waals surface area (Å²) in [6, 6.07) is 7.63. The summed E-state index contributed by atoms with van der Waals surface area (Å²) in [4.78, 5) is 10.5. The number of nitro groups is 1. The predicted molar refractivity (Wildman–Crippen MR) is 81.7 cm³/mol. The van der Waals surface area contributed by atoms with E-state index < -0.39 is 4.92 Å². The van der Waals surface area contributed by atoms with E-state index in [-0.39, 0.29) is 11.5 Å². The van der Waals surface area contributed by atoms with Crippen molar-refractivity contribution in [3.63, 3.8) is 0 Å². The Balaban J connectivity index is 2.43. The molecule has 0 bridgehead atoms. The van der Waals surface area contributed by atoms with Crippen LogP contribution in [0.25, 0.3) is 0 Å². The second kappa shape index (κ2) is 6.22. The van der Waals surface area contributed by atoms with Crippen LogP contribution in [0.15, 0.2) is 30.3 Å². The Morgan fingerprint density at radius 3 is 2.57 bits per heavy atom. The van der Waals surface area contributed by atoms with Crippen LogP contribution in [-0.2, 0) is 5.33 Å². The maximum Gasteiger partial charge on any atom is 0.272 e. The van der Waals surface area contributed by atoms with Crippen LogP contribution in [0.2, 0.25) is 0 Å². The van der Waals surface area contributed by atoms with Gasteiger partial charge in [-0.2, -0.15) is 0 Å². The topological polar surface area (TPSA) is 52.4 Å². The highest BCUT2D eigenvalue weighted by Crippen LogP contribution is 2.33. The highest BCUT2D eigenvalue weighted by Gasteiger charge is 2.16. The summed E-state index contributed by atoms with van der Waals surface area (Å²) in [6.07, 6.45) is 0. The van der Waals surface area contributed by atoms with Gasteiger partial charge in [0, 0.05) is 22.5 Å². The molecule has 0 atom stereocenters. The van der Waals surface area contributed by atoms with E-state index in [9.17, 15) is 14.5 Å². The minimum Gasteiger partial charge on any atom is -0.457 e. The fraction of sp³-hybridized carbons (Fsp3) is 0.200. The van der Waals surface area contributed by atoms with Gasteiger partial charge in [0.05, 0.1) is 4.92 Å². The maximum atomic E-state index is 13.7. The normalized spacial score (nSPS) is 10.5. The summed E-state index contributed by atoms with van der Waals surface area (Å²) >= 11 is 3.23. The van der Waals surface area contributed by atoms with Gasteiger partial charge in [-0.05, 0) is 37.6 Å². The van der Waals surface area contributed by atoms with E-state index in [0.717, 1.165) is 0 Å². The standard InChI is InChI=1S/C15H13BrFNO3/c1-9-7-15(10(2)6-13(9)18(19)20)21-14-5-3-4-12(17)11(14)8-16/h3-7H,8H2,1-2H3. The van der Waals surface area contributed by atoms with Gasteiger partial charge in [-0.1, -0.05) is 22.0 Å². The van der Waals surface area contributed by atoms with Crippen molar-refractivity contribution in [3.05, 3.63) is 63.0 Å². The van der Waals surface area contributed by atoms with Gasteiger partial charge < -0.3 is 4.74 Å². The van der Waals surface area contributed by atoms with Crippen LogP contribution in [-0.4, -0.2) is 4.92 Å². The lowest BCUT2D eigenvalue weighted by molar-refractivity contribution is -0.385. The number of rotatable bonds is 4. The number of aryl methyl sites for hydroxylation is 2. The molecule has 0 aliphatic heterocycles. The molecule has 0 aliphatic carbocycles. The first-order valence-electron chi connectivity index (χ1n) is 6.21. The highest BCUT2D eigenvalue weighted by molar-refractivity contribution is 9.08. The molecule has 21 heavy (non-hydrogen) atoms. The van der Waals surface area contributed by atoms with Gasteiger partial charge in [0.2, 0.25) is 0 Å². The predicted octanol–water partition coefficient (Wildman–Crippen LogP) is 5.04. The molecule has 0 unspecified atom stereocenters. The van der Waals surface area contributed by atoms with Gasteiger partial charge >= 0.3 is 0 Å². The number of ether oxygens (including phenoxy) is 1. The highest BCUT2D eigenvalue weighted by atomic mass is 79.9. The Labute approximate surface area is 129 Å². The molecule has 0 saturated carbocycles. The van der Waals surface area contributed by atoms with Crippen molar-refractivity contribution >= 4 is 21.6 Å². The average molecular weight is 354 g/mol. The Bertz CT molecular complexity index is 704. The molecule has 0 fully saturated rings. The largest absolute Gasteiger partial charge is 0.457 e. The first-order valence-corrected chi connectivity index (χ1v) is 7.33. The van der Waals surface area contributed by atoms with Crippen molar-refractivity contribution in [2.75, 3.05) is 0 Å². The molecule has 6 heteroatoms. The van der Waals surface area contributed by atoms with Crippen LogP contribution < -0.4 is 4.74 Å². The van der Waals surface area contributed by atoms with E-state index in [2.05, 4.69) is 15.9 Å². The van der Waals surface area contributed by atoms with Crippen LogP contribution in [0.3, 0.4) is 0 Å². The number of hydrogen-bond donors (Lipinski definition) is 0. The SMILES string of the molecule is Cc1cc([N+](=O)[O-])c(C)cc1Oc1cccc(F)c1CBr. The first kappa shape index (κ1) is 15.4. The quantitative estimate of drug-likeness (QED) is 0.439. The zero-order valence-electron chi connectivity index (χ0n) is 11.5. The van der Waals surface area contributed by atoms with Crippen molar-refractivity contribution in [1.82, 2.24) is 0 Å². The molecule has 0 aromatic heterocycles. The van der Waals surface area contributed by atoms with Crippen molar-refractivity contribution in [2.24, 2.45) is 0 Å². The minimum absolute atomic E-state index is 0.0415. The lowest BCUT2D eigenvalue weighted by Crippen LogP contribution is -1.97. The average Bonchev–Trinajstić information content (AvgIpc) is 2.42. The smallest absolute Gasteiger partial charge is 0.272 e. The number of hydrogen-bond acceptors (Lipinski definition) is 3. The Morgan fingerprint density at radius 1 is 1.24 bits per heavy atom. The third kappa shape index (κ3) is 3.21. The Hall–Kier alpha value is -1.95. The summed E-state index contributed by atoms with van der Waals surface area (Å²) in [5, 5.41) is 11.2. The van der Waals surface area contributed by atoms with Gasteiger partial charge in [-0.25, -0.2) is 4.39 Å². The Morgan fingerprint density at radius 2 is 1.95 bits per heavy atom. The molecule has 0 radical (unpaired) electrons. The molecule has 110 valence electrons. The van der Waals surface area contributed by atoms with Crippen LogP contribution in [0.5, 0.6) is 11.5 Å². The van der Waals surface area contributed by atoms with Crippen LogP contribution in [0.4, 0.5) is 10.1 Å². The van der Waals surface area contributed by atoms with Crippen molar-refractivity contribution < 1.29 is 14.1 Å². The fourth-order valence-electron chi connectivity index (χ4n) is 1.96. The zero-order chi connectivity index (χ0) is 15.6. The third-order valence-electron chi connectivity index (χ3n) is 3.12. The molecule has 0 heterocycles. The molecule has 0 amide bonds. The molecule has 2 rings (SSSR count). The number of alkyl halides is 1. The van der Waals surface area contributed by atoms with Gasteiger partial charge in [0.1, 0.15) is 17.3 Å². The fourth-order valence-corrected chi connectivity index (χ4v) is 2.51. The maximum absolute atomic E-state index is 13.7. The molecule has 0 spiro atoms. The summed E-state index contributed by atoms with van der Waals surface area (Å²) < 4.78 is 19.4. The van der Waals surface area contributed by atoms with Gasteiger partial charge in [-0.15, -0.1) is 0 Å². The monoisotopic (exact) mass is 353 g/mol. The van der Waals surface area contributed by atoms with Crippen molar-refractivity contribution in [1.29, 1.82) is 0 Å². The second-order valence-corrected chi connectivity index (χ2v) is 5.17. The van der Waals surface area contributed by atoms with E-state index >= 15 is 0 Å². The molecule has 4 nitrogen and oxygen atoms in total. The molecule has 0 saturated heterocycles. The lowest BCUT2D eigenvalue weighted by Gasteiger charge is -2.13. The van der Waals surface area contributed by atoms with Crippen LogP contribution in [0.1, 0.15) is 16.7 Å². The van der Waals surface area contributed by atoms with Gasteiger partial charge in [-0.3, -0.25) is 10.1 Å². The van der Waals surface area contributed by atoms with Gasteiger partial charge in [0.25, 0.3) is 5.69 Å². The first-order chi connectivity index (χ1) is 9.93. The number of halogens is 2.